The summed E-state index contributed by atoms with van der Waals surface area (Å²) in [6.45, 7) is 2.06. The first-order valence-corrected chi connectivity index (χ1v) is 12.2. The van der Waals surface area contributed by atoms with Crippen molar-refractivity contribution < 1.29 is 23.5 Å². The average molecular weight is 514 g/mol. The number of anilines is 1. The molecular formula is C30H28FN3O4. The van der Waals surface area contributed by atoms with Gasteiger partial charge in [0.2, 0.25) is 5.91 Å². The first-order valence-electron chi connectivity index (χ1n) is 12.2. The maximum Gasteiger partial charge on any atom is 0.258 e. The van der Waals surface area contributed by atoms with E-state index in [4.69, 9.17) is 14.5 Å². The van der Waals surface area contributed by atoms with Crippen molar-refractivity contribution in [2.45, 2.75) is 26.5 Å². The van der Waals surface area contributed by atoms with Crippen molar-refractivity contribution >= 4 is 28.4 Å². The number of hydrogen-bond acceptors (Lipinski definition) is 5. The fraction of sp³-hybridized carbons (Fsp3) is 0.233. The molecule has 8 heteroatoms. The van der Waals surface area contributed by atoms with E-state index in [-0.39, 0.29) is 24.2 Å². The summed E-state index contributed by atoms with van der Waals surface area (Å²) in [4.78, 5) is 33.8. The van der Waals surface area contributed by atoms with Crippen LogP contribution in [0.1, 0.15) is 39.5 Å². The molecule has 38 heavy (non-hydrogen) atoms. The molecule has 0 unspecified atom stereocenters. The van der Waals surface area contributed by atoms with Crippen LogP contribution in [-0.2, 0) is 24.4 Å². The van der Waals surface area contributed by atoms with Crippen molar-refractivity contribution in [3.63, 3.8) is 0 Å². The van der Waals surface area contributed by atoms with Crippen molar-refractivity contribution in [3.8, 4) is 11.5 Å². The Morgan fingerprint density at radius 3 is 2.42 bits per heavy atom. The Morgan fingerprint density at radius 2 is 1.76 bits per heavy atom. The van der Waals surface area contributed by atoms with Gasteiger partial charge in [-0.05, 0) is 53.4 Å². The lowest BCUT2D eigenvalue weighted by Crippen LogP contribution is -2.25. The van der Waals surface area contributed by atoms with Gasteiger partial charge in [0.15, 0.2) is 5.75 Å². The number of methoxy groups -OCH3 is 1. The number of pyridine rings is 1. The Labute approximate surface area is 220 Å². The number of ether oxygens (including phenoxy) is 2. The molecule has 0 radical (unpaired) electrons. The van der Waals surface area contributed by atoms with E-state index in [0.717, 1.165) is 28.0 Å². The second kappa shape index (κ2) is 10.1. The highest BCUT2D eigenvalue weighted by atomic mass is 19.1. The van der Waals surface area contributed by atoms with Gasteiger partial charge in [-0.1, -0.05) is 24.3 Å². The van der Waals surface area contributed by atoms with Gasteiger partial charge in [-0.25, -0.2) is 4.39 Å². The molecule has 2 heterocycles. The second-order valence-corrected chi connectivity index (χ2v) is 9.45. The quantitative estimate of drug-likeness (QED) is 0.343. The maximum absolute atomic E-state index is 13.4. The Balaban J connectivity index is 1.65. The second-order valence-electron chi connectivity index (χ2n) is 9.45. The lowest BCUT2D eigenvalue weighted by molar-refractivity contribution is -0.116. The van der Waals surface area contributed by atoms with Crippen LogP contribution in [0.15, 0.2) is 60.8 Å². The van der Waals surface area contributed by atoms with E-state index in [1.54, 1.807) is 49.3 Å². The number of benzene rings is 3. The first kappa shape index (κ1) is 25.2. The highest BCUT2D eigenvalue weighted by molar-refractivity contribution is 6.14. The molecular weight excluding hydrogens is 485 g/mol. The zero-order valence-electron chi connectivity index (χ0n) is 21.7. The van der Waals surface area contributed by atoms with E-state index in [0.29, 0.717) is 40.9 Å². The van der Waals surface area contributed by atoms with Crippen LogP contribution in [0.5, 0.6) is 11.5 Å². The van der Waals surface area contributed by atoms with E-state index in [1.165, 1.54) is 19.1 Å². The minimum atomic E-state index is -0.293. The topological polar surface area (TPSA) is 72.0 Å². The largest absolute Gasteiger partial charge is 0.497 e. The molecule has 0 saturated carbocycles. The van der Waals surface area contributed by atoms with Crippen LogP contribution in [0.25, 0.3) is 10.9 Å². The van der Waals surface area contributed by atoms with Crippen molar-refractivity contribution in [2.24, 2.45) is 0 Å². The number of amides is 2. The molecule has 0 saturated heterocycles. The van der Waals surface area contributed by atoms with Crippen molar-refractivity contribution in [3.05, 3.63) is 94.4 Å². The molecule has 2 amide bonds. The third kappa shape index (κ3) is 4.65. The van der Waals surface area contributed by atoms with Gasteiger partial charge in [0.1, 0.15) is 23.7 Å². The molecule has 1 aliphatic heterocycles. The number of hydrogen-bond donors (Lipinski definition) is 0. The van der Waals surface area contributed by atoms with Crippen LogP contribution < -0.4 is 14.4 Å². The van der Waals surface area contributed by atoms with Gasteiger partial charge in [-0.3, -0.25) is 14.6 Å². The van der Waals surface area contributed by atoms with Crippen LogP contribution >= 0.6 is 0 Å². The zero-order chi connectivity index (χ0) is 27.0. The predicted octanol–water partition coefficient (Wildman–Crippen LogP) is 5.12. The minimum absolute atomic E-state index is 0.161. The van der Waals surface area contributed by atoms with E-state index in [1.807, 2.05) is 30.3 Å². The van der Waals surface area contributed by atoms with Crippen LogP contribution in [0.4, 0.5) is 10.1 Å². The molecule has 7 nitrogen and oxygen atoms in total. The summed E-state index contributed by atoms with van der Waals surface area (Å²) in [6.07, 6.45) is 2.27. The molecule has 1 aromatic heterocycles. The molecule has 1 aliphatic rings. The summed E-state index contributed by atoms with van der Waals surface area (Å²) in [6, 6.07) is 15.8. The Kier molecular flexibility index (Phi) is 6.72. The molecule has 5 rings (SSSR count). The minimum Gasteiger partial charge on any atom is -0.497 e. The normalized spacial score (nSPS) is 12.6. The van der Waals surface area contributed by atoms with Crippen molar-refractivity contribution in [2.75, 3.05) is 26.1 Å². The van der Waals surface area contributed by atoms with E-state index in [9.17, 15) is 14.0 Å². The van der Waals surface area contributed by atoms with Crippen LogP contribution in [0.2, 0.25) is 0 Å². The van der Waals surface area contributed by atoms with Gasteiger partial charge in [-0.15, -0.1) is 0 Å². The van der Waals surface area contributed by atoms with Crippen LogP contribution in [-0.4, -0.2) is 42.9 Å². The van der Waals surface area contributed by atoms with E-state index in [2.05, 4.69) is 0 Å². The van der Waals surface area contributed by atoms with Gasteiger partial charge in [0.05, 0.1) is 18.4 Å². The van der Waals surface area contributed by atoms with Gasteiger partial charge in [-0.2, -0.15) is 0 Å². The third-order valence-corrected chi connectivity index (χ3v) is 6.86. The first-order chi connectivity index (χ1) is 18.3. The summed E-state index contributed by atoms with van der Waals surface area (Å²) in [7, 11) is 5.04. The number of halogens is 1. The summed E-state index contributed by atoms with van der Waals surface area (Å²) in [5.41, 5.74) is 5.03. The van der Waals surface area contributed by atoms with Crippen molar-refractivity contribution in [1.29, 1.82) is 0 Å². The number of carbonyl (C=O) groups excluding carboxylic acids is 2. The zero-order valence-corrected chi connectivity index (χ0v) is 21.7. The molecule has 0 N–H and O–H groups in total. The smallest absolute Gasteiger partial charge is 0.258 e. The van der Waals surface area contributed by atoms with Crippen molar-refractivity contribution in [1.82, 2.24) is 9.88 Å². The molecule has 0 fully saturated rings. The van der Waals surface area contributed by atoms with E-state index < -0.39 is 0 Å². The molecule has 0 aliphatic carbocycles. The summed E-state index contributed by atoms with van der Waals surface area (Å²) < 4.78 is 25.0. The number of carbonyl (C=O) groups is 2. The number of aromatic nitrogens is 1. The fourth-order valence-corrected chi connectivity index (χ4v) is 4.78. The Hall–Kier alpha value is -4.46. The Morgan fingerprint density at radius 1 is 1.08 bits per heavy atom. The van der Waals surface area contributed by atoms with Gasteiger partial charge >= 0.3 is 0 Å². The molecule has 3 aromatic carbocycles. The third-order valence-electron chi connectivity index (χ3n) is 6.86. The lowest BCUT2D eigenvalue weighted by atomic mass is 9.97. The van der Waals surface area contributed by atoms with E-state index >= 15 is 0 Å². The van der Waals surface area contributed by atoms with Gasteiger partial charge in [0, 0.05) is 44.7 Å². The Bertz CT molecular complexity index is 1530. The van der Waals surface area contributed by atoms with Gasteiger partial charge < -0.3 is 19.3 Å². The SMILES string of the molecule is COc1ccc(COc2c3c(c(N(C)C(C)=O)c4cc(Cc5ccc(F)cc5)cnc24)CN(C)C3=O)cc1. The molecule has 0 atom stereocenters. The number of nitrogens with zero attached hydrogens (tertiary/aromatic N) is 3. The standard InChI is InChI=1S/C30H28FN3O4/c1-18(35)34(3)28-24-14-21(13-19-5-9-22(31)10-6-19)15-32-27(24)29(26-25(28)16-33(2)30(26)36)38-17-20-7-11-23(37-4)12-8-20/h5-12,14-15H,13,16-17H2,1-4H3. The fourth-order valence-electron chi connectivity index (χ4n) is 4.78. The maximum atomic E-state index is 13.4. The molecule has 4 aromatic rings. The highest BCUT2D eigenvalue weighted by Gasteiger charge is 2.35. The number of rotatable bonds is 7. The molecule has 0 spiro atoms. The molecule has 0 bridgehead atoms. The van der Waals surface area contributed by atoms with Gasteiger partial charge in [0.25, 0.3) is 5.91 Å². The average Bonchev–Trinajstić information content (AvgIpc) is 3.21. The summed E-state index contributed by atoms with van der Waals surface area (Å²) in [5, 5.41) is 0.717. The monoisotopic (exact) mass is 513 g/mol. The molecule has 194 valence electrons. The highest BCUT2D eigenvalue weighted by Crippen LogP contribution is 2.44. The van der Waals surface area contributed by atoms with Crippen LogP contribution in [0.3, 0.4) is 0 Å². The summed E-state index contributed by atoms with van der Waals surface area (Å²) in [5.74, 6) is 0.505. The van der Waals surface area contributed by atoms with Crippen LogP contribution in [0, 0.1) is 5.82 Å². The summed E-state index contributed by atoms with van der Waals surface area (Å²) >= 11 is 0. The predicted molar refractivity (Wildman–Crippen MR) is 143 cm³/mol. The lowest BCUT2D eigenvalue weighted by Gasteiger charge is -2.23. The number of fused-ring (bicyclic) bond motifs is 2.